The molecule has 212 valence electrons. The molecule has 0 radical (unpaired) electrons. The Labute approximate surface area is 236 Å². The molecule has 0 unspecified atom stereocenters. The van der Waals surface area contributed by atoms with Crippen molar-refractivity contribution in [1.82, 2.24) is 19.8 Å². The van der Waals surface area contributed by atoms with Crippen LogP contribution >= 0.6 is 0 Å². The van der Waals surface area contributed by atoms with E-state index in [4.69, 9.17) is 9.47 Å². The molecule has 1 N–H and O–H groups in total. The van der Waals surface area contributed by atoms with Gasteiger partial charge in [-0.3, -0.25) is 19.5 Å². The minimum Gasteiger partial charge on any atom is -0.480 e. The molecule has 0 amide bonds. The van der Waals surface area contributed by atoms with Gasteiger partial charge in [0.1, 0.15) is 4.90 Å². The normalized spacial score (nSPS) is 17.1. The summed E-state index contributed by atoms with van der Waals surface area (Å²) >= 11 is 0. The highest BCUT2D eigenvalue weighted by atomic mass is 32.2. The summed E-state index contributed by atoms with van der Waals surface area (Å²) in [6.45, 7) is 10.9. The summed E-state index contributed by atoms with van der Waals surface area (Å²) in [7, 11) is -2.58. The van der Waals surface area contributed by atoms with Gasteiger partial charge in [-0.1, -0.05) is 30.3 Å². The van der Waals surface area contributed by atoms with Crippen LogP contribution in [0, 0.1) is 0 Å². The second-order valence-corrected chi connectivity index (χ2v) is 12.1. The van der Waals surface area contributed by atoms with Crippen LogP contribution in [0.4, 0.5) is 5.69 Å². The number of pyridine rings is 2. The number of rotatable bonds is 9. The lowest BCUT2D eigenvalue weighted by atomic mass is 10.0. The predicted molar refractivity (Wildman–Crippen MR) is 157 cm³/mol. The van der Waals surface area contributed by atoms with Gasteiger partial charge in [0.15, 0.2) is 0 Å². The fourth-order valence-corrected chi connectivity index (χ4v) is 6.29. The van der Waals surface area contributed by atoms with E-state index in [1.165, 1.54) is 18.9 Å². The van der Waals surface area contributed by atoms with E-state index in [1.807, 2.05) is 6.08 Å². The minimum absolute atomic E-state index is 0.0242. The molecular weight excluding hydrogens is 526 g/mol. The molecule has 1 saturated heterocycles. The standard InChI is InChI=1S/C30H37N5O4S/c1-22(2)35-12-10-34(11-13-35)21-23-4-6-24(7-5-23)26-16-28(20-31-18-26)33-40(36,37)29-17-27(19-32-30(29)38-3)25-8-14-39-15-9-25/h4-8,16-20,22,33H,9-15,21H2,1-3H3. The van der Waals surface area contributed by atoms with Crippen LogP contribution in [0.1, 0.15) is 31.4 Å². The molecule has 0 saturated carbocycles. The number of hydrogen-bond acceptors (Lipinski definition) is 8. The maximum absolute atomic E-state index is 13.4. The second-order valence-electron chi connectivity index (χ2n) is 10.5. The molecule has 9 nitrogen and oxygen atoms in total. The number of hydrogen-bond donors (Lipinski definition) is 1. The maximum Gasteiger partial charge on any atom is 0.267 e. The van der Waals surface area contributed by atoms with Crippen molar-refractivity contribution in [1.29, 1.82) is 0 Å². The zero-order valence-electron chi connectivity index (χ0n) is 23.3. The van der Waals surface area contributed by atoms with E-state index >= 15 is 0 Å². The number of aromatic nitrogens is 2. The summed E-state index contributed by atoms with van der Waals surface area (Å²) in [6.07, 6.45) is 7.50. The van der Waals surface area contributed by atoms with Gasteiger partial charge in [-0.05, 0) is 54.7 Å². The third kappa shape index (κ3) is 6.69. The van der Waals surface area contributed by atoms with Crippen molar-refractivity contribution in [2.45, 2.75) is 37.8 Å². The number of anilines is 1. The molecular formula is C30H37N5O4S. The van der Waals surface area contributed by atoms with Crippen LogP contribution in [0.3, 0.4) is 0 Å². The van der Waals surface area contributed by atoms with Crippen LogP contribution in [-0.4, -0.2) is 80.7 Å². The van der Waals surface area contributed by atoms with Crippen molar-refractivity contribution < 1.29 is 17.9 Å². The highest BCUT2D eigenvalue weighted by Crippen LogP contribution is 2.30. The van der Waals surface area contributed by atoms with E-state index < -0.39 is 10.0 Å². The number of nitrogens with zero attached hydrogens (tertiary/aromatic N) is 4. The van der Waals surface area contributed by atoms with Crippen molar-refractivity contribution in [3.8, 4) is 17.0 Å². The van der Waals surface area contributed by atoms with Crippen LogP contribution in [-0.2, 0) is 21.3 Å². The van der Waals surface area contributed by atoms with Crippen molar-refractivity contribution in [2.75, 3.05) is 51.2 Å². The third-order valence-electron chi connectivity index (χ3n) is 7.46. The lowest BCUT2D eigenvalue weighted by molar-refractivity contribution is 0.104. The second kappa shape index (κ2) is 12.5. The van der Waals surface area contributed by atoms with Crippen molar-refractivity contribution in [2.24, 2.45) is 0 Å². The van der Waals surface area contributed by atoms with E-state index in [9.17, 15) is 8.42 Å². The summed E-state index contributed by atoms with van der Waals surface area (Å²) in [4.78, 5) is 13.5. The molecule has 0 bridgehead atoms. The van der Waals surface area contributed by atoms with Crippen LogP contribution in [0.5, 0.6) is 5.88 Å². The lowest BCUT2D eigenvalue weighted by Crippen LogP contribution is -2.48. The molecule has 0 atom stereocenters. The number of sulfonamides is 1. The van der Waals surface area contributed by atoms with Gasteiger partial charge in [-0.25, -0.2) is 13.4 Å². The van der Waals surface area contributed by atoms with Gasteiger partial charge in [0.2, 0.25) is 5.88 Å². The maximum atomic E-state index is 13.4. The molecule has 1 aromatic carbocycles. The zero-order chi connectivity index (χ0) is 28.1. The predicted octanol–water partition coefficient (Wildman–Crippen LogP) is 4.28. The van der Waals surface area contributed by atoms with Gasteiger partial charge in [0, 0.05) is 56.7 Å². The Bertz CT molecular complexity index is 1450. The van der Waals surface area contributed by atoms with Crippen molar-refractivity contribution >= 4 is 21.3 Å². The van der Waals surface area contributed by atoms with E-state index in [2.05, 4.69) is 62.6 Å². The Balaban J connectivity index is 1.29. The first-order valence-electron chi connectivity index (χ1n) is 13.7. The lowest BCUT2D eigenvalue weighted by Gasteiger charge is -2.36. The van der Waals surface area contributed by atoms with Gasteiger partial charge in [0.05, 0.1) is 32.2 Å². The van der Waals surface area contributed by atoms with Crippen molar-refractivity contribution in [3.63, 3.8) is 0 Å². The van der Waals surface area contributed by atoms with E-state index in [-0.39, 0.29) is 10.8 Å². The number of methoxy groups -OCH3 is 1. The van der Waals surface area contributed by atoms with Crippen LogP contribution < -0.4 is 9.46 Å². The molecule has 2 aliphatic rings. The highest BCUT2D eigenvalue weighted by molar-refractivity contribution is 7.92. The Hall–Kier alpha value is -3.31. The highest BCUT2D eigenvalue weighted by Gasteiger charge is 2.23. The number of piperazine rings is 1. The number of benzene rings is 1. The largest absolute Gasteiger partial charge is 0.480 e. The molecule has 10 heteroatoms. The molecule has 4 heterocycles. The summed E-state index contributed by atoms with van der Waals surface area (Å²) in [6, 6.07) is 12.4. The summed E-state index contributed by atoms with van der Waals surface area (Å²) in [5, 5.41) is 0. The third-order valence-corrected chi connectivity index (χ3v) is 8.83. The van der Waals surface area contributed by atoms with E-state index in [0.717, 1.165) is 55.0 Å². The SMILES string of the molecule is COc1ncc(C2=CCOCC2)cc1S(=O)(=O)Nc1cncc(-c2ccc(CN3CCN(C(C)C)CC3)cc2)c1. The summed E-state index contributed by atoms with van der Waals surface area (Å²) in [5.74, 6) is 0.0363. The monoisotopic (exact) mass is 563 g/mol. The van der Waals surface area contributed by atoms with Crippen LogP contribution in [0.2, 0.25) is 0 Å². The average molecular weight is 564 g/mol. The van der Waals surface area contributed by atoms with Gasteiger partial charge in [-0.2, -0.15) is 0 Å². The minimum atomic E-state index is -3.99. The summed E-state index contributed by atoms with van der Waals surface area (Å²) < 4.78 is 40.2. The Morgan fingerprint density at radius 3 is 2.45 bits per heavy atom. The zero-order valence-corrected chi connectivity index (χ0v) is 24.2. The molecule has 2 aromatic heterocycles. The first kappa shape index (κ1) is 28.2. The number of ether oxygens (including phenoxy) is 2. The molecule has 1 fully saturated rings. The quantitative estimate of drug-likeness (QED) is 0.412. The fraction of sp³-hybridized carbons (Fsp3) is 0.400. The van der Waals surface area contributed by atoms with Gasteiger partial charge >= 0.3 is 0 Å². The molecule has 5 rings (SSSR count). The fourth-order valence-electron chi connectivity index (χ4n) is 5.11. The Kier molecular flexibility index (Phi) is 8.80. The first-order valence-corrected chi connectivity index (χ1v) is 15.2. The van der Waals surface area contributed by atoms with E-state index in [0.29, 0.717) is 31.4 Å². The molecule has 40 heavy (non-hydrogen) atoms. The first-order chi connectivity index (χ1) is 19.3. The topological polar surface area (TPSA) is 96.9 Å². The van der Waals surface area contributed by atoms with Gasteiger partial charge < -0.3 is 9.47 Å². The van der Waals surface area contributed by atoms with Crippen LogP contribution in [0.25, 0.3) is 16.7 Å². The molecule has 0 spiro atoms. The number of nitrogens with one attached hydrogen (secondary N) is 1. The Morgan fingerprint density at radius 1 is 1.00 bits per heavy atom. The molecule has 2 aliphatic heterocycles. The van der Waals surface area contributed by atoms with E-state index in [1.54, 1.807) is 24.5 Å². The van der Waals surface area contributed by atoms with Crippen LogP contribution in [0.15, 0.2) is 66.0 Å². The van der Waals surface area contributed by atoms with Gasteiger partial charge in [0.25, 0.3) is 10.0 Å². The van der Waals surface area contributed by atoms with Crippen molar-refractivity contribution in [3.05, 3.63) is 72.2 Å². The average Bonchev–Trinajstić information content (AvgIpc) is 2.98. The molecule has 0 aliphatic carbocycles. The van der Waals surface area contributed by atoms with Gasteiger partial charge in [-0.15, -0.1) is 0 Å². The molecule has 3 aromatic rings. The Morgan fingerprint density at radius 2 is 1.77 bits per heavy atom. The summed E-state index contributed by atoms with van der Waals surface area (Å²) in [5.41, 5.74) is 5.15. The smallest absolute Gasteiger partial charge is 0.267 e.